The molecule has 114 valence electrons. The Morgan fingerprint density at radius 2 is 1.82 bits per heavy atom. The van der Waals surface area contributed by atoms with Crippen LogP contribution in [0.3, 0.4) is 0 Å². The average Bonchev–Trinajstić information content (AvgIpc) is 2.42. The fourth-order valence-electron chi connectivity index (χ4n) is 1.74. The van der Waals surface area contributed by atoms with Gasteiger partial charge in [0.05, 0.1) is 10.0 Å². The Morgan fingerprint density at radius 1 is 1.14 bits per heavy atom. The van der Waals surface area contributed by atoms with Gasteiger partial charge in [0.1, 0.15) is 11.5 Å². The molecule has 0 radical (unpaired) electrons. The van der Waals surface area contributed by atoms with E-state index in [2.05, 4.69) is 4.98 Å². The molecule has 2 rings (SSSR count). The van der Waals surface area contributed by atoms with Gasteiger partial charge in [-0.1, -0.05) is 34.8 Å². The summed E-state index contributed by atoms with van der Waals surface area (Å²) < 4.78 is 0. The van der Waals surface area contributed by atoms with Gasteiger partial charge < -0.3 is 10.8 Å². The van der Waals surface area contributed by atoms with Gasteiger partial charge in [0.15, 0.2) is 0 Å². The lowest BCUT2D eigenvalue weighted by atomic mass is 10.1. The van der Waals surface area contributed by atoms with Crippen molar-refractivity contribution in [2.45, 2.75) is 0 Å². The first kappa shape index (κ1) is 16.4. The zero-order chi connectivity index (χ0) is 16.4. The Labute approximate surface area is 139 Å². The summed E-state index contributed by atoms with van der Waals surface area (Å²) in [6, 6.07) is 5.83. The SMILES string of the molecule is Nc1nc(C(=O)NC(=O)O)ccc1-c1cc(Cl)cc(Cl)c1Cl. The van der Waals surface area contributed by atoms with E-state index in [1.165, 1.54) is 18.2 Å². The van der Waals surface area contributed by atoms with Gasteiger partial charge in [0.25, 0.3) is 5.91 Å². The number of nitrogen functional groups attached to an aromatic ring is 1. The molecular formula is C13H8Cl3N3O3. The maximum absolute atomic E-state index is 11.6. The van der Waals surface area contributed by atoms with Crippen molar-refractivity contribution in [2.75, 3.05) is 5.73 Å². The molecule has 22 heavy (non-hydrogen) atoms. The number of hydrogen-bond donors (Lipinski definition) is 3. The van der Waals surface area contributed by atoms with Gasteiger partial charge >= 0.3 is 6.09 Å². The van der Waals surface area contributed by atoms with Gasteiger partial charge in [-0.25, -0.2) is 9.78 Å². The third-order valence-corrected chi connectivity index (χ3v) is 3.68. The summed E-state index contributed by atoms with van der Waals surface area (Å²) in [7, 11) is 0. The predicted molar refractivity (Wildman–Crippen MR) is 84.6 cm³/mol. The Bertz CT molecular complexity index is 781. The molecule has 2 aromatic rings. The third kappa shape index (κ3) is 3.41. The Kier molecular flexibility index (Phi) is 4.75. The highest BCUT2D eigenvalue weighted by molar-refractivity contribution is 6.45. The van der Waals surface area contributed by atoms with E-state index in [4.69, 9.17) is 45.6 Å². The highest BCUT2D eigenvalue weighted by Gasteiger charge is 2.16. The second-order valence-corrected chi connectivity index (χ2v) is 5.36. The second kappa shape index (κ2) is 6.39. The van der Waals surface area contributed by atoms with Gasteiger partial charge in [-0.15, -0.1) is 0 Å². The first-order chi connectivity index (χ1) is 10.3. The van der Waals surface area contributed by atoms with Gasteiger partial charge in [-0.3, -0.25) is 10.1 Å². The Hall–Kier alpha value is -2.02. The van der Waals surface area contributed by atoms with E-state index in [-0.39, 0.29) is 21.6 Å². The van der Waals surface area contributed by atoms with Crippen molar-refractivity contribution in [2.24, 2.45) is 0 Å². The quantitative estimate of drug-likeness (QED) is 0.708. The van der Waals surface area contributed by atoms with Crippen molar-refractivity contribution in [1.29, 1.82) is 0 Å². The molecule has 0 aliphatic rings. The van der Waals surface area contributed by atoms with Crippen molar-refractivity contribution in [3.8, 4) is 11.1 Å². The number of benzene rings is 1. The van der Waals surface area contributed by atoms with Crippen LogP contribution < -0.4 is 11.1 Å². The summed E-state index contributed by atoms with van der Waals surface area (Å²) in [5.41, 5.74) is 6.53. The molecule has 0 atom stereocenters. The molecule has 6 nitrogen and oxygen atoms in total. The van der Waals surface area contributed by atoms with Crippen molar-refractivity contribution in [3.05, 3.63) is 45.0 Å². The number of rotatable bonds is 2. The molecule has 0 unspecified atom stereocenters. The largest absolute Gasteiger partial charge is 0.465 e. The van der Waals surface area contributed by atoms with Gasteiger partial charge in [-0.05, 0) is 24.3 Å². The first-order valence-electron chi connectivity index (χ1n) is 5.75. The number of nitrogens with one attached hydrogen (secondary N) is 1. The van der Waals surface area contributed by atoms with Crippen LogP contribution >= 0.6 is 34.8 Å². The van der Waals surface area contributed by atoms with E-state index in [1.807, 2.05) is 0 Å². The molecule has 9 heteroatoms. The van der Waals surface area contributed by atoms with Crippen LogP contribution in [0.5, 0.6) is 0 Å². The van der Waals surface area contributed by atoms with Crippen molar-refractivity contribution in [1.82, 2.24) is 10.3 Å². The summed E-state index contributed by atoms with van der Waals surface area (Å²) in [5.74, 6) is -0.903. The van der Waals surface area contributed by atoms with E-state index in [9.17, 15) is 9.59 Å². The molecule has 0 aliphatic heterocycles. The molecule has 2 amide bonds. The van der Waals surface area contributed by atoms with E-state index in [0.717, 1.165) is 0 Å². The molecule has 0 spiro atoms. The van der Waals surface area contributed by atoms with Crippen LogP contribution in [0.2, 0.25) is 15.1 Å². The highest BCUT2D eigenvalue weighted by atomic mass is 35.5. The number of carbonyl (C=O) groups is 2. The number of nitrogens with two attached hydrogens (primary N) is 1. The van der Waals surface area contributed by atoms with Crippen LogP contribution in [-0.2, 0) is 0 Å². The number of halogens is 3. The maximum Gasteiger partial charge on any atom is 0.411 e. The zero-order valence-corrected chi connectivity index (χ0v) is 13.0. The minimum Gasteiger partial charge on any atom is -0.465 e. The third-order valence-electron chi connectivity index (χ3n) is 2.66. The van der Waals surface area contributed by atoms with E-state index >= 15 is 0 Å². The molecule has 0 fully saturated rings. The number of hydrogen-bond acceptors (Lipinski definition) is 4. The number of imide groups is 1. The number of amides is 2. The van der Waals surface area contributed by atoms with E-state index in [1.54, 1.807) is 11.4 Å². The molecule has 1 heterocycles. The van der Waals surface area contributed by atoms with Crippen LogP contribution in [0.25, 0.3) is 11.1 Å². The summed E-state index contributed by atoms with van der Waals surface area (Å²) in [5, 5.41) is 11.0. The minimum absolute atomic E-state index is 0.0155. The monoisotopic (exact) mass is 359 g/mol. The van der Waals surface area contributed by atoms with E-state index in [0.29, 0.717) is 16.1 Å². The normalized spacial score (nSPS) is 10.3. The van der Waals surface area contributed by atoms with Gasteiger partial charge in [0, 0.05) is 16.1 Å². The number of aromatic nitrogens is 1. The van der Waals surface area contributed by atoms with Crippen molar-refractivity contribution in [3.63, 3.8) is 0 Å². The molecule has 0 saturated carbocycles. The maximum atomic E-state index is 11.6. The lowest BCUT2D eigenvalue weighted by molar-refractivity contribution is 0.0943. The fraction of sp³-hybridized carbons (Fsp3) is 0. The summed E-state index contributed by atoms with van der Waals surface area (Å²) >= 11 is 18.0. The summed E-state index contributed by atoms with van der Waals surface area (Å²) in [6.45, 7) is 0. The highest BCUT2D eigenvalue weighted by Crippen LogP contribution is 2.38. The minimum atomic E-state index is -1.49. The molecule has 1 aromatic heterocycles. The standard InChI is InChI=1S/C13H8Cl3N3O3/c14-5-3-7(10(16)8(15)4-5)6-1-2-9(18-11(6)17)12(20)19-13(21)22/h1-4H,(H2,17,18)(H,19,20)(H,21,22). The van der Waals surface area contributed by atoms with Crippen LogP contribution in [0.1, 0.15) is 10.5 Å². The molecule has 0 bridgehead atoms. The van der Waals surface area contributed by atoms with E-state index < -0.39 is 12.0 Å². The Balaban J connectivity index is 2.47. The average molecular weight is 361 g/mol. The molecule has 4 N–H and O–H groups in total. The Morgan fingerprint density at radius 3 is 2.41 bits per heavy atom. The summed E-state index contributed by atoms with van der Waals surface area (Å²) in [4.78, 5) is 25.9. The lowest BCUT2D eigenvalue weighted by Gasteiger charge is -2.10. The molecule has 0 aliphatic carbocycles. The van der Waals surface area contributed by atoms with Crippen LogP contribution in [0.4, 0.5) is 10.6 Å². The van der Waals surface area contributed by atoms with Gasteiger partial charge in [0.2, 0.25) is 0 Å². The first-order valence-corrected chi connectivity index (χ1v) is 6.88. The number of pyridine rings is 1. The number of nitrogens with zero attached hydrogens (tertiary/aromatic N) is 1. The molecular weight excluding hydrogens is 353 g/mol. The van der Waals surface area contributed by atoms with Crippen LogP contribution in [0.15, 0.2) is 24.3 Å². The predicted octanol–water partition coefficient (Wildman–Crippen LogP) is 3.70. The number of carboxylic acid groups (broad SMARTS) is 1. The fourth-order valence-corrected chi connectivity index (χ4v) is 2.45. The van der Waals surface area contributed by atoms with Crippen molar-refractivity contribution >= 4 is 52.6 Å². The molecule has 1 aromatic carbocycles. The zero-order valence-electron chi connectivity index (χ0n) is 10.7. The smallest absolute Gasteiger partial charge is 0.411 e. The number of carbonyl (C=O) groups excluding carboxylic acids is 1. The number of anilines is 1. The second-order valence-electron chi connectivity index (χ2n) is 4.14. The van der Waals surface area contributed by atoms with Gasteiger partial charge in [-0.2, -0.15) is 0 Å². The molecule has 0 saturated heterocycles. The van der Waals surface area contributed by atoms with Crippen molar-refractivity contribution < 1.29 is 14.7 Å². The summed E-state index contributed by atoms with van der Waals surface area (Å²) in [6.07, 6.45) is -1.49. The van der Waals surface area contributed by atoms with Crippen LogP contribution in [-0.4, -0.2) is 22.1 Å². The van der Waals surface area contributed by atoms with Crippen LogP contribution in [0, 0.1) is 0 Å². The topological polar surface area (TPSA) is 105 Å². The lowest BCUT2D eigenvalue weighted by Crippen LogP contribution is -2.29.